The summed E-state index contributed by atoms with van der Waals surface area (Å²) in [4.78, 5) is 29.5. The fourth-order valence-corrected chi connectivity index (χ4v) is 5.01. The summed E-state index contributed by atoms with van der Waals surface area (Å²) in [7, 11) is 1.53. The van der Waals surface area contributed by atoms with E-state index >= 15 is 0 Å². The Morgan fingerprint density at radius 1 is 1.08 bits per heavy atom. The highest BCUT2D eigenvalue weighted by Crippen LogP contribution is 2.35. The first kappa shape index (κ1) is 26.1. The monoisotopic (exact) mass is 528 g/mol. The number of aromatic nitrogens is 4. The van der Waals surface area contributed by atoms with E-state index in [0.29, 0.717) is 28.6 Å². The fraction of sp³-hybridized carbons (Fsp3) is 0.345. The van der Waals surface area contributed by atoms with Crippen molar-refractivity contribution < 1.29 is 18.7 Å². The van der Waals surface area contributed by atoms with E-state index in [2.05, 4.69) is 34.7 Å². The molecule has 1 atom stereocenters. The van der Waals surface area contributed by atoms with Crippen LogP contribution in [-0.2, 0) is 4.79 Å². The highest BCUT2D eigenvalue weighted by Gasteiger charge is 2.36. The molecular weight excluding hydrogens is 496 g/mol. The molecular formula is C29H32N6O4. The number of hydrogen-bond acceptors (Lipinski definition) is 7. The molecule has 1 aliphatic carbocycles. The third-order valence-electron chi connectivity index (χ3n) is 7.12. The van der Waals surface area contributed by atoms with Crippen LogP contribution in [0.5, 0.6) is 5.75 Å². The summed E-state index contributed by atoms with van der Waals surface area (Å²) in [6.07, 6.45) is 6.89. The molecule has 1 aliphatic rings. The van der Waals surface area contributed by atoms with Crippen LogP contribution in [0, 0.1) is 0 Å². The average molecular weight is 529 g/mol. The molecule has 5 rings (SSSR count). The first-order chi connectivity index (χ1) is 19.0. The molecule has 2 heterocycles. The zero-order chi connectivity index (χ0) is 27.4. The van der Waals surface area contributed by atoms with Crippen molar-refractivity contribution in [3.05, 3.63) is 84.1 Å². The van der Waals surface area contributed by atoms with Gasteiger partial charge in [0, 0.05) is 17.8 Å². The van der Waals surface area contributed by atoms with Gasteiger partial charge >= 0.3 is 0 Å². The predicted octanol–water partition coefficient (Wildman–Crippen LogP) is 4.83. The van der Waals surface area contributed by atoms with E-state index in [0.717, 1.165) is 31.2 Å². The molecule has 2 amide bonds. The van der Waals surface area contributed by atoms with Crippen LogP contribution < -0.4 is 15.0 Å². The number of rotatable bonds is 9. The minimum absolute atomic E-state index is 0.0761. The average Bonchev–Trinajstić information content (AvgIpc) is 3.75. The quantitative estimate of drug-likeness (QED) is 0.331. The van der Waals surface area contributed by atoms with Gasteiger partial charge in [0.05, 0.1) is 13.4 Å². The third kappa shape index (κ3) is 5.55. The summed E-state index contributed by atoms with van der Waals surface area (Å²) in [5.74, 6) is 0.186. The second-order valence-corrected chi connectivity index (χ2v) is 9.98. The van der Waals surface area contributed by atoms with Crippen LogP contribution in [0.4, 0.5) is 5.69 Å². The van der Waals surface area contributed by atoms with Gasteiger partial charge in [-0.3, -0.25) is 14.5 Å². The van der Waals surface area contributed by atoms with E-state index in [4.69, 9.17) is 9.15 Å². The first-order valence-electron chi connectivity index (χ1n) is 13.1. The summed E-state index contributed by atoms with van der Waals surface area (Å²) < 4.78 is 12.6. The molecule has 1 unspecified atom stereocenters. The van der Waals surface area contributed by atoms with Gasteiger partial charge in [0.15, 0.2) is 5.76 Å². The Hall–Kier alpha value is -4.47. The van der Waals surface area contributed by atoms with Crippen molar-refractivity contribution >= 4 is 17.5 Å². The van der Waals surface area contributed by atoms with Gasteiger partial charge in [-0.2, -0.15) is 4.68 Å². The smallest absolute Gasteiger partial charge is 0.294 e. The van der Waals surface area contributed by atoms with Crippen molar-refractivity contribution in [1.29, 1.82) is 0 Å². The molecule has 0 bridgehead atoms. The summed E-state index contributed by atoms with van der Waals surface area (Å²) in [5.41, 5.74) is 2.89. The SMILES string of the molecule is COc1cc(N(C(=O)c2ccco2)C(C(=O)NC2CCCC2)c2ccc(C(C)C)cc2)ccc1-n1cnnn1. The molecule has 0 spiro atoms. The van der Waals surface area contributed by atoms with Gasteiger partial charge in [-0.25, -0.2) is 0 Å². The number of carbonyl (C=O) groups is 2. The molecule has 1 fully saturated rings. The number of amides is 2. The highest BCUT2D eigenvalue weighted by atomic mass is 16.5. The molecule has 2 aromatic heterocycles. The predicted molar refractivity (Wildman–Crippen MR) is 145 cm³/mol. The third-order valence-corrected chi connectivity index (χ3v) is 7.12. The Bertz CT molecular complexity index is 1390. The highest BCUT2D eigenvalue weighted by molar-refractivity contribution is 6.09. The first-order valence-corrected chi connectivity index (χ1v) is 13.1. The fourth-order valence-electron chi connectivity index (χ4n) is 5.01. The maximum Gasteiger partial charge on any atom is 0.294 e. The Kier molecular flexibility index (Phi) is 7.72. The number of benzene rings is 2. The number of anilines is 1. The molecule has 10 nitrogen and oxygen atoms in total. The zero-order valence-corrected chi connectivity index (χ0v) is 22.3. The number of ether oxygens (including phenoxy) is 1. The van der Waals surface area contributed by atoms with E-state index in [1.165, 1.54) is 29.3 Å². The Labute approximate surface area is 227 Å². The Balaban J connectivity index is 1.63. The molecule has 4 aromatic rings. The van der Waals surface area contributed by atoms with Crippen LogP contribution in [0.3, 0.4) is 0 Å². The molecule has 0 radical (unpaired) electrons. The second kappa shape index (κ2) is 11.5. The molecule has 0 saturated heterocycles. The van der Waals surface area contributed by atoms with Gasteiger partial charge in [0.1, 0.15) is 23.8 Å². The van der Waals surface area contributed by atoms with Crippen molar-refractivity contribution in [2.45, 2.75) is 57.5 Å². The minimum atomic E-state index is -0.951. The number of carbonyl (C=O) groups excluding carboxylic acids is 2. The van der Waals surface area contributed by atoms with Crippen LogP contribution in [0.2, 0.25) is 0 Å². The molecule has 1 N–H and O–H groups in total. The number of hydrogen-bond donors (Lipinski definition) is 1. The van der Waals surface area contributed by atoms with E-state index in [9.17, 15) is 9.59 Å². The number of furan rings is 1. The van der Waals surface area contributed by atoms with Crippen LogP contribution in [0.15, 0.2) is 71.6 Å². The zero-order valence-electron chi connectivity index (χ0n) is 22.3. The maximum absolute atomic E-state index is 14.0. The lowest BCUT2D eigenvalue weighted by molar-refractivity contribution is -0.123. The normalized spacial score (nSPS) is 14.4. The van der Waals surface area contributed by atoms with E-state index in [-0.39, 0.29) is 17.7 Å². The van der Waals surface area contributed by atoms with Crippen LogP contribution in [0.25, 0.3) is 5.69 Å². The van der Waals surface area contributed by atoms with Crippen molar-refractivity contribution in [2.24, 2.45) is 0 Å². The van der Waals surface area contributed by atoms with Gasteiger partial charge in [-0.1, -0.05) is 51.0 Å². The van der Waals surface area contributed by atoms with E-state index in [1.54, 1.807) is 30.3 Å². The van der Waals surface area contributed by atoms with Gasteiger partial charge in [-0.15, -0.1) is 5.10 Å². The number of methoxy groups -OCH3 is 1. The van der Waals surface area contributed by atoms with E-state index < -0.39 is 11.9 Å². The molecule has 39 heavy (non-hydrogen) atoms. The summed E-state index contributed by atoms with van der Waals surface area (Å²) in [6.45, 7) is 4.23. The molecule has 0 aliphatic heterocycles. The van der Waals surface area contributed by atoms with Gasteiger partial charge in [0.2, 0.25) is 5.91 Å². The van der Waals surface area contributed by atoms with Crippen LogP contribution >= 0.6 is 0 Å². The van der Waals surface area contributed by atoms with Crippen molar-refractivity contribution in [3.8, 4) is 11.4 Å². The number of nitrogens with one attached hydrogen (secondary N) is 1. The van der Waals surface area contributed by atoms with Crippen molar-refractivity contribution in [1.82, 2.24) is 25.5 Å². The number of tetrazole rings is 1. The summed E-state index contributed by atoms with van der Waals surface area (Å²) >= 11 is 0. The standard InChI is InChI=1S/C29H32N6O4/c1-19(2)20-10-12-21(13-11-20)27(28(36)31-22-7-4-5-8-22)35(29(37)25-9-6-16-39-25)23-14-15-24(26(17-23)38-3)34-18-30-32-33-34/h6,9-19,22,27H,4-5,7-8H2,1-3H3,(H,31,36). The Morgan fingerprint density at radius 2 is 1.82 bits per heavy atom. The second-order valence-electron chi connectivity index (χ2n) is 9.98. The molecule has 1 saturated carbocycles. The van der Waals surface area contributed by atoms with Gasteiger partial charge < -0.3 is 14.5 Å². The summed E-state index contributed by atoms with van der Waals surface area (Å²) in [6, 6.07) is 15.4. The van der Waals surface area contributed by atoms with E-state index in [1.807, 2.05) is 24.3 Å². The maximum atomic E-state index is 14.0. The summed E-state index contributed by atoms with van der Waals surface area (Å²) in [5, 5.41) is 14.6. The van der Waals surface area contributed by atoms with Gasteiger partial charge in [0.25, 0.3) is 5.91 Å². The lowest BCUT2D eigenvalue weighted by atomic mass is 9.97. The van der Waals surface area contributed by atoms with Crippen molar-refractivity contribution in [2.75, 3.05) is 12.0 Å². The lowest BCUT2D eigenvalue weighted by Gasteiger charge is -2.32. The topological polar surface area (TPSA) is 115 Å². The van der Waals surface area contributed by atoms with Crippen LogP contribution in [0.1, 0.15) is 73.2 Å². The lowest BCUT2D eigenvalue weighted by Crippen LogP contribution is -2.46. The minimum Gasteiger partial charge on any atom is -0.494 e. The number of nitrogens with zero attached hydrogens (tertiary/aromatic N) is 5. The van der Waals surface area contributed by atoms with Crippen LogP contribution in [-0.4, -0.2) is 45.2 Å². The molecule has 10 heteroatoms. The van der Waals surface area contributed by atoms with Crippen molar-refractivity contribution in [3.63, 3.8) is 0 Å². The molecule has 202 valence electrons. The van der Waals surface area contributed by atoms with Gasteiger partial charge in [-0.05, 0) is 64.6 Å². The Morgan fingerprint density at radius 3 is 2.44 bits per heavy atom. The molecule has 2 aromatic carbocycles. The largest absolute Gasteiger partial charge is 0.494 e.